The first kappa shape index (κ1) is 18.6. The molecular formula is C21H24N4O2. The van der Waals surface area contributed by atoms with Gasteiger partial charge in [0.2, 0.25) is 17.6 Å². The molecule has 0 radical (unpaired) electrons. The standard InChI is InChI=1S/C21H24N4O2/c1-4-25(16(3)26)14-17-8-6-10-19(12-17)22-13-20-23-21(24-27-20)18-9-5-7-15(2)11-18/h5-12,22H,4,13-14H2,1-3H3. The number of aryl methyl sites for hydroxylation is 1. The predicted molar refractivity (Wildman–Crippen MR) is 105 cm³/mol. The summed E-state index contributed by atoms with van der Waals surface area (Å²) in [6.07, 6.45) is 0. The van der Waals surface area contributed by atoms with Gasteiger partial charge in [0.05, 0.1) is 6.54 Å². The second-order valence-electron chi connectivity index (χ2n) is 6.47. The summed E-state index contributed by atoms with van der Waals surface area (Å²) in [4.78, 5) is 17.8. The van der Waals surface area contributed by atoms with Crippen molar-refractivity contribution in [3.8, 4) is 11.4 Å². The van der Waals surface area contributed by atoms with E-state index in [4.69, 9.17) is 4.52 Å². The van der Waals surface area contributed by atoms with Crippen LogP contribution in [0.4, 0.5) is 5.69 Å². The van der Waals surface area contributed by atoms with Crippen molar-refractivity contribution in [1.29, 1.82) is 0 Å². The summed E-state index contributed by atoms with van der Waals surface area (Å²) in [6.45, 7) is 7.32. The molecular weight excluding hydrogens is 340 g/mol. The SMILES string of the molecule is CCN(Cc1cccc(NCc2nc(-c3cccc(C)c3)no2)c1)C(C)=O. The van der Waals surface area contributed by atoms with Crippen molar-refractivity contribution in [2.75, 3.05) is 11.9 Å². The Morgan fingerprint density at radius 2 is 2.00 bits per heavy atom. The minimum absolute atomic E-state index is 0.0744. The highest BCUT2D eigenvalue weighted by Crippen LogP contribution is 2.18. The summed E-state index contributed by atoms with van der Waals surface area (Å²) in [7, 11) is 0. The van der Waals surface area contributed by atoms with Gasteiger partial charge in [-0.05, 0) is 37.6 Å². The molecule has 1 amide bonds. The molecule has 1 heterocycles. The number of rotatable bonds is 7. The molecule has 3 rings (SSSR count). The highest BCUT2D eigenvalue weighted by molar-refractivity contribution is 5.73. The van der Waals surface area contributed by atoms with Gasteiger partial charge in [0, 0.05) is 31.3 Å². The van der Waals surface area contributed by atoms with Gasteiger partial charge in [-0.15, -0.1) is 0 Å². The van der Waals surface area contributed by atoms with E-state index in [0.717, 1.165) is 22.4 Å². The van der Waals surface area contributed by atoms with Gasteiger partial charge in [-0.3, -0.25) is 4.79 Å². The minimum atomic E-state index is 0.0744. The third-order valence-electron chi connectivity index (χ3n) is 4.32. The molecule has 1 aromatic heterocycles. The van der Waals surface area contributed by atoms with E-state index in [-0.39, 0.29) is 5.91 Å². The van der Waals surface area contributed by atoms with Gasteiger partial charge in [0.1, 0.15) is 0 Å². The van der Waals surface area contributed by atoms with Crippen molar-refractivity contribution in [2.45, 2.75) is 33.9 Å². The van der Waals surface area contributed by atoms with Crippen LogP contribution in [0.15, 0.2) is 53.1 Å². The van der Waals surface area contributed by atoms with E-state index in [1.807, 2.05) is 62.4 Å². The number of carbonyl (C=O) groups excluding carboxylic acids is 1. The van der Waals surface area contributed by atoms with Gasteiger partial charge in [-0.1, -0.05) is 41.1 Å². The Labute approximate surface area is 159 Å². The maximum atomic E-state index is 11.6. The summed E-state index contributed by atoms with van der Waals surface area (Å²) in [6, 6.07) is 16.0. The number of nitrogens with one attached hydrogen (secondary N) is 1. The minimum Gasteiger partial charge on any atom is -0.376 e. The van der Waals surface area contributed by atoms with Crippen LogP contribution in [0.1, 0.15) is 30.9 Å². The maximum Gasteiger partial charge on any atom is 0.246 e. The van der Waals surface area contributed by atoms with Crippen molar-refractivity contribution >= 4 is 11.6 Å². The Balaban J connectivity index is 1.64. The Morgan fingerprint density at radius 3 is 2.74 bits per heavy atom. The van der Waals surface area contributed by atoms with Crippen LogP contribution < -0.4 is 5.32 Å². The van der Waals surface area contributed by atoms with Crippen molar-refractivity contribution in [3.05, 3.63) is 65.5 Å². The molecule has 140 valence electrons. The van der Waals surface area contributed by atoms with Crippen molar-refractivity contribution in [1.82, 2.24) is 15.0 Å². The van der Waals surface area contributed by atoms with Crippen molar-refractivity contribution in [3.63, 3.8) is 0 Å². The maximum absolute atomic E-state index is 11.6. The number of nitrogens with zero attached hydrogens (tertiary/aromatic N) is 3. The van der Waals surface area contributed by atoms with E-state index < -0.39 is 0 Å². The third kappa shape index (κ3) is 4.94. The number of hydrogen-bond donors (Lipinski definition) is 1. The summed E-state index contributed by atoms with van der Waals surface area (Å²) in [5.74, 6) is 1.19. The lowest BCUT2D eigenvalue weighted by atomic mass is 10.1. The molecule has 27 heavy (non-hydrogen) atoms. The third-order valence-corrected chi connectivity index (χ3v) is 4.32. The molecule has 0 aliphatic rings. The summed E-state index contributed by atoms with van der Waals surface area (Å²) in [5.41, 5.74) is 4.11. The van der Waals surface area contributed by atoms with Crippen LogP contribution in [-0.2, 0) is 17.9 Å². The second kappa shape index (κ2) is 8.49. The molecule has 3 aromatic rings. The molecule has 1 N–H and O–H groups in total. The molecule has 0 saturated carbocycles. The van der Waals surface area contributed by atoms with Crippen LogP contribution in [0.5, 0.6) is 0 Å². The molecule has 0 atom stereocenters. The average Bonchev–Trinajstić information content (AvgIpc) is 3.14. The van der Waals surface area contributed by atoms with Gasteiger partial charge in [-0.2, -0.15) is 4.98 Å². The fraction of sp³-hybridized carbons (Fsp3) is 0.286. The monoisotopic (exact) mass is 364 g/mol. The Kier molecular flexibility index (Phi) is 5.86. The zero-order chi connectivity index (χ0) is 19.2. The van der Waals surface area contributed by atoms with Gasteiger partial charge in [0.15, 0.2) is 0 Å². The first-order valence-electron chi connectivity index (χ1n) is 9.03. The van der Waals surface area contributed by atoms with E-state index in [1.54, 1.807) is 11.8 Å². The Bertz CT molecular complexity index is 920. The van der Waals surface area contributed by atoms with Crippen molar-refractivity contribution in [2.24, 2.45) is 0 Å². The average molecular weight is 364 g/mol. The largest absolute Gasteiger partial charge is 0.376 e. The lowest BCUT2D eigenvalue weighted by Gasteiger charge is -2.19. The number of benzene rings is 2. The molecule has 0 unspecified atom stereocenters. The summed E-state index contributed by atoms with van der Waals surface area (Å²) < 4.78 is 5.35. The van der Waals surface area contributed by atoms with Crippen LogP contribution in [0.25, 0.3) is 11.4 Å². The fourth-order valence-corrected chi connectivity index (χ4v) is 2.85. The van der Waals surface area contributed by atoms with Gasteiger partial charge in [0.25, 0.3) is 0 Å². The molecule has 2 aromatic carbocycles. The number of amides is 1. The summed E-state index contributed by atoms with van der Waals surface area (Å²) >= 11 is 0. The second-order valence-corrected chi connectivity index (χ2v) is 6.47. The van der Waals surface area contributed by atoms with E-state index in [2.05, 4.69) is 15.5 Å². The molecule has 0 bridgehead atoms. The van der Waals surface area contributed by atoms with E-state index >= 15 is 0 Å². The Morgan fingerprint density at radius 1 is 1.19 bits per heavy atom. The molecule has 0 fully saturated rings. The first-order valence-corrected chi connectivity index (χ1v) is 9.03. The lowest BCUT2D eigenvalue weighted by Crippen LogP contribution is -2.27. The van der Waals surface area contributed by atoms with E-state index in [0.29, 0.717) is 31.3 Å². The number of hydrogen-bond acceptors (Lipinski definition) is 5. The quantitative estimate of drug-likeness (QED) is 0.685. The molecule has 6 heteroatoms. The topological polar surface area (TPSA) is 71.3 Å². The molecule has 0 aliphatic heterocycles. The Hall–Kier alpha value is -3.15. The molecule has 0 saturated heterocycles. The van der Waals surface area contributed by atoms with Crippen LogP contribution in [0.3, 0.4) is 0 Å². The van der Waals surface area contributed by atoms with Crippen LogP contribution in [0.2, 0.25) is 0 Å². The van der Waals surface area contributed by atoms with Crippen LogP contribution in [0, 0.1) is 6.92 Å². The van der Waals surface area contributed by atoms with E-state index in [1.165, 1.54) is 0 Å². The predicted octanol–water partition coefficient (Wildman–Crippen LogP) is 4.03. The van der Waals surface area contributed by atoms with Gasteiger partial charge < -0.3 is 14.7 Å². The van der Waals surface area contributed by atoms with Gasteiger partial charge >= 0.3 is 0 Å². The smallest absolute Gasteiger partial charge is 0.246 e. The van der Waals surface area contributed by atoms with Crippen LogP contribution in [-0.4, -0.2) is 27.5 Å². The van der Waals surface area contributed by atoms with Crippen LogP contribution >= 0.6 is 0 Å². The lowest BCUT2D eigenvalue weighted by molar-refractivity contribution is -0.129. The summed E-state index contributed by atoms with van der Waals surface area (Å²) in [5, 5.41) is 7.36. The molecule has 6 nitrogen and oxygen atoms in total. The first-order chi connectivity index (χ1) is 13.0. The highest BCUT2D eigenvalue weighted by Gasteiger charge is 2.10. The number of anilines is 1. The zero-order valence-corrected chi connectivity index (χ0v) is 15.9. The molecule has 0 aliphatic carbocycles. The molecule has 0 spiro atoms. The highest BCUT2D eigenvalue weighted by atomic mass is 16.5. The normalized spacial score (nSPS) is 10.6. The number of carbonyl (C=O) groups is 1. The van der Waals surface area contributed by atoms with Crippen molar-refractivity contribution < 1.29 is 9.32 Å². The fourth-order valence-electron chi connectivity index (χ4n) is 2.85. The van der Waals surface area contributed by atoms with E-state index in [9.17, 15) is 4.79 Å². The van der Waals surface area contributed by atoms with Gasteiger partial charge in [-0.25, -0.2) is 0 Å². The number of aromatic nitrogens is 2. The zero-order valence-electron chi connectivity index (χ0n) is 15.9.